The molecule has 2 N–H and O–H groups in total. The van der Waals surface area contributed by atoms with Crippen LogP contribution in [0.15, 0.2) is 24.3 Å². The molecular formula is C17H27NO2. The summed E-state index contributed by atoms with van der Waals surface area (Å²) in [5, 5.41) is 12.8. The number of carbonyl (C=O) groups is 1. The Kier molecular flexibility index (Phi) is 7.97. The van der Waals surface area contributed by atoms with Gasteiger partial charge in [0.15, 0.2) is 0 Å². The number of nitrogens with one attached hydrogen (secondary N) is 1. The topological polar surface area (TPSA) is 49.3 Å². The van der Waals surface area contributed by atoms with Crippen LogP contribution in [0.25, 0.3) is 0 Å². The summed E-state index contributed by atoms with van der Waals surface area (Å²) in [5.41, 5.74) is 2.24. The van der Waals surface area contributed by atoms with E-state index in [4.69, 9.17) is 0 Å². The second-order valence-corrected chi connectivity index (χ2v) is 5.34. The number of benzene rings is 1. The molecule has 1 aromatic rings. The first-order valence-corrected chi connectivity index (χ1v) is 7.64. The zero-order valence-electron chi connectivity index (χ0n) is 12.7. The molecule has 0 heterocycles. The first-order chi connectivity index (χ1) is 9.63. The minimum Gasteiger partial charge on any atom is -0.388 e. The fourth-order valence-electron chi connectivity index (χ4n) is 2.26. The third kappa shape index (κ3) is 6.71. The van der Waals surface area contributed by atoms with E-state index in [1.807, 2.05) is 12.1 Å². The third-order valence-corrected chi connectivity index (χ3v) is 3.45. The van der Waals surface area contributed by atoms with E-state index in [1.165, 1.54) is 38.2 Å². The van der Waals surface area contributed by atoms with Crippen LogP contribution in [-0.2, 0) is 11.2 Å². The summed E-state index contributed by atoms with van der Waals surface area (Å²) in [6.07, 6.45) is 6.15. The lowest BCUT2D eigenvalue weighted by Gasteiger charge is -2.12. The van der Waals surface area contributed by atoms with Gasteiger partial charge in [-0.1, -0.05) is 50.5 Å². The van der Waals surface area contributed by atoms with E-state index in [1.54, 1.807) is 0 Å². The van der Waals surface area contributed by atoms with Crippen molar-refractivity contribution in [3.8, 4) is 0 Å². The summed E-state index contributed by atoms with van der Waals surface area (Å²) in [4.78, 5) is 10.8. The smallest absolute Gasteiger partial charge is 0.216 e. The van der Waals surface area contributed by atoms with Crippen LogP contribution in [0.5, 0.6) is 0 Å². The van der Waals surface area contributed by atoms with Crippen LogP contribution in [0.3, 0.4) is 0 Å². The molecule has 0 aliphatic carbocycles. The SMILES string of the molecule is CCCCCCc1cccc(C(O)CCNC(C)=O)c1. The molecule has 3 heteroatoms. The van der Waals surface area contributed by atoms with Crippen molar-refractivity contribution in [2.45, 2.75) is 58.5 Å². The molecule has 0 saturated heterocycles. The number of aliphatic hydroxyl groups excluding tert-OH is 1. The van der Waals surface area contributed by atoms with Gasteiger partial charge in [-0.3, -0.25) is 4.79 Å². The van der Waals surface area contributed by atoms with Crippen LogP contribution >= 0.6 is 0 Å². The molecule has 1 amide bonds. The number of rotatable bonds is 9. The van der Waals surface area contributed by atoms with Crippen molar-refractivity contribution in [1.29, 1.82) is 0 Å². The molecule has 0 aliphatic rings. The number of aliphatic hydroxyl groups is 1. The molecule has 1 atom stereocenters. The highest BCUT2D eigenvalue weighted by Crippen LogP contribution is 2.18. The number of unbranched alkanes of at least 4 members (excludes halogenated alkanes) is 3. The molecule has 0 radical (unpaired) electrons. The average molecular weight is 277 g/mol. The van der Waals surface area contributed by atoms with Crippen molar-refractivity contribution in [3.05, 3.63) is 35.4 Å². The number of aryl methyl sites for hydroxylation is 1. The second kappa shape index (κ2) is 9.54. The van der Waals surface area contributed by atoms with Crippen molar-refractivity contribution in [2.24, 2.45) is 0 Å². The van der Waals surface area contributed by atoms with E-state index in [2.05, 4.69) is 24.4 Å². The zero-order chi connectivity index (χ0) is 14.8. The molecule has 0 fully saturated rings. The van der Waals surface area contributed by atoms with Crippen molar-refractivity contribution in [1.82, 2.24) is 5.32 Å². The highest BCUT2D eigenvalue weighted by Gasteiger charge is 2.08. The Bertz CT molecular complexity index is 404. The lowest BCUT2D eigenvalue weighted by Crippen LogP contribution is -2.22. The largest absolute Gasteiger partial charge is 0.388 e. The van der Waals surface area contributed by atoms with Crippen molar-refractivity contribution >= 4 is 5.91 Å². The molecule has 0 saturated carbocycles. The summed E-state index contributed by atoms with van der Waals surface area (Å²) in [6, 6.07) is 8.17. The maximum absolute atomic E-state index is 10.8. The van der Waals surface area contributed by atoms with Gasteiger partial charge in [0.2, 0.25) is 5.91 Å². The zero-order valence-corrected chi connectivity index (χ0v) is 12.7. The van der Waals surface area contributed by atoms with Gasteiger partial charge in [0, 0.05) is 13.5 Å². The van der Waals surface area contributed by atoms with Gasteiger partial charge in [0.1, 0.15) is 0 Å². The Balaban J connectivity index is 2.43. The molecule has 0 aliphatic heterocycles. The van der Waals surface area contributed by atoms with Gasteiger partial charge in [-0.25, -0.2) is 0 Å². The van der Waals surface area contributed by atoms with E-state index < -0.39 is 6.10 Å². The van der Waals surface area contributed by atoms with Crippen LogP contribution in [0.2, 0.25) is 0 Å². The van der Waals surface area contributed by atoms with Gasteiger partial charge in [-0.2, -0.15) is 0 Å². The highest BCUT2D eigenvalue weighted by atomic mass is 16.3. The summed E-state index contributed by atoms with van der Waals surface area (Å²) >= 11 is 0. The maximum Gasteiger partial charge on any atom is 0.216 e. The van der Waals surface area contributed by atoms with E-state index in [0.29, 0.717) is 13.0 Å². The molecule has 3 nitrogen and oxygen atoms in total. The Morgan fingerprint density at radius 3 is 2.80 bits per heavy atom. The Labute approximate surface area is 122 Å². The first kappa shape index (κ1) is 16.7. The van der Waals surface area contributed by atoms with Crippen molar-refractivity contribution in [2.75, 3.05) is 6.54 Å². The second-order valence-electron chi connectivity index (χ2n) is 5.34. The molecule has 112 valence electrons. The maximum atomic E-state index is 10.8. The van der Waals surface area contributed by atoms with Gasteiger partial charge in [-0.05, 0) is 30.4 Å². The van der Waals surface area contributed by atoms with E-state index in [9.17, 15) is 9.90 Å². The molecule has 0 bridgehead atoms. The standard InChI is InChI=1S/C17H27NO2/c1-3-4-5-6-8-15-9-7-10-16(13-15)17(20)11-12-18-14(2)19/h7,9-10,13,17,20H,3-6,8,11-12H2,1-2H3,(H,18,19). The van der Waals surface area contributed by atoms with Gasteiger partial charge < -0.3 is 10.4 Å². The molecule has 1 unspecified atom stereocenters. The first-order valence-electron chi connectivity index (χ1n) is 7.64. The number of hydrogen-bond acceptors (Lipinski definition) is 2. The minimum atomic E-state index is -0.502. The highest BCUT2D eigenvalue weighted by molar-refractivity contribution is 5.72. The minimum absolute atomic E-state index is 0.0538. The molecular weight excluding hydrogens is 250 g/mol. The van der Waals surface area contributed by atoms with Gasteiger partial charge in [0.25, 0.3) is 0 Å². The summed E-state index contributed by atoms with van der Waals surface area (Å²) < 4.78 is 0. The van der Waals surface area contributed by atoms with E-state index in [-0.39, 0.29) is 5.91 Å². The average Bonchev–Trinajstić information content (AvgIpc) is 2.43. The Morgan fingerprint density at radius 1 is 1.30 bits per heavy atom. The predicted molar refractivity (Wildman–Crippen MR) is 82.5 cm³/mol. The molecule has 1 aromatic carbocycles. The van der Waals surface area contributed by atoms with Gasteiger partial charge >= 0.3 is 0 Å². The third-order valence-electron chi connectivity index (χ3n) is 3.45. The summed E-state index contributed by atoms with van der Waals surface area (Å²) in [5.74, 6) is -0.0538. The Hall–Kier alpha value is -1.35. The molecule has 1 rings (SSSR count). The quantitative estimate of drug-likeness (QED) is 0.680. The lowest BCUT2D eigenvalue weighted by atomic mass is 10.0. The Morgan fingerprint density at radius 2 is 2.10 bits per heavy atom. The monoisotopic (exact) mass is 277 g/mol. The normalized spacial score (nSPS) is 12.2. The van der Waals surface area contributed by atoms with Gasteiger partial charge in [0.05, 0.1) is 6.10 Å². The number of carbonyl (C=O) groups excluding carboxylic acids is 1. The van der Waals surface area contributed by atoms with Crippen LogP contribution in [0.1, 0.15) is 63.2 Å². The summed E-state index contributed by atoms with van der Waals surface area (Å²) in [7, 11) is 0. The van der Waals surface area contributed by atoms with E-state index >= 15 is 0 Å². The molecule has 0 aromatic heterocycles. The summed E-state index contributed by atoms with van der Waals surface area (Å²) in [6.45, 7) is 4.21. The van der Waals surface area contributed by atoms with Crippen LogP contribution in [-0.4, -0.2) is 17.6 Å². The predicted octanol–water partition coefficient (Wildman–Crippen LogP) is 3.37. The number of amides is 1. The number of hydrogen-bond donors (Lipinski definition) is 2. The van der Waals surface area contributed by atoms with Crippen LogP contribution in [0, 0.1) is 0 Å². The van der Waals surface area contributed by atoms with Crippen molar-refractivity contribution < 1.29 is 9.90 Å². The fourth-order valence-corrected chi connectivity index (χ4v) is 2.26. The van der Waals surface area contributed by atoms with Crippen LogP contribution < -0.4 is 5.32 Å². The van der Waals surface area contributed by atoms with Crippen LogP contribution in [0.4, 0.5) is 0 Å². The van der Waals surface area contributed by atoms with E-state index in [0.717, 1.165) is 12.0 Å². The van der Waals surface area contributed by atoms with Gasteiger partial charge in [-0.15, -0.1) is 0 Å². The fraction of sp³-hybridized carbons (Fsp3) is 0.588. The van der Waals surface area contributed by atoms with Crippen molar-refractivity contribution in [3.63, 3.8) is 0 Å². The molecule has 20 heavy (non-hydrogen) atoms. The molecule has 0 spiro atoms. The lowest BCUT2D eigenvalue weighted by molar-refractivity contribution is -0.119.